The van der Waals surface area contributed by atoms with Gasteiger partial charge in [0.15, 0.2) is 0 Å². The van der Waals surface area contributed by atoms with Gasteiger partial charge in [-0.1, -0.05) is 6.07 Å². The van der Waals surface area contributed by atoms with Gasteiger partial charge < -0.3 is 15.2 Å². The fourth-order valence-electron chi connectivity index (χ4n) is 2.69. The van der Waals surface area contributed by atoms with Crippen molar-refractivity contribution in [3.63, 3.8) is 0 Å². The fraction of sp³-hybridized carbons (Fsp3) is 0.529. The molecule has 1 aromatic carbocycles. The first-order chi connectivity index (χ1) is 12.7. The van der Waals surface area contributed by atoms with E-state index in [9.17, 15) is 18.0 Å². The van der Waals surface area contributed by atoms with Crippen molar-refractivity contribution in [3.05, 3.63) is 23.8 Å². The average molecular weight is 436 g/mol. The molecule has 0 atom stereocenters. The molecule has 1 heterocycles. The number of anilines is 1. The molecule has 11 heteroatoms. The van der Waals surface area contributed by atoms with Gasteiger partial charge in [0, 0.05) is 25.3 Å². The molecule has 1 fully saturated rings. The summed E-state index contributed by atoms with van der Waals surface area (Å²) in [6.07, 6.45) is -0.0593. The van der Waals surface area contributed by atoms with E-state index < -0.39 is 16.0 Å². The van der Waals surface area contributed by atoms with E-state index in [4.69, 9.17) is 9.84 Å². The maximum atomic E-state index is 12.9. The van der Waals surface area contributed by atoms with Gasteiger partial charge in [0.1, 0.15) is 0 Å². The summed E-state index contributed by atoms with van der Waals surface area (Å²) in [5.74, 6) is -1.28. The van der Waals surface area contributed by atoms with E-state index in [2.05, 4.69) is 5.32 Å². The molecule has 0 bridgehead atoms. The Kier molecular flexibility index (Phi) is 9.31. The number of morpholine rings is 1. The first kappa shape index (κ1) is 24.3. The summed E-state index contributed by atoms with van der Waals surface area (Å²) in [4.78, 5) is 24.5. The van der Waals surface area contributed by atoms with Crippen LogP contribution in [0.2, 0.25) is 0 Å². The molecule has 1 aromatic rings. The summed E-state index contributed by atoms with van der Waals surface area (Å²) in [6.45, 7) is 3.27. The Labute approximate surface area is 171 Å². The maximum absolute atomic E-state index is 12.9. The number of likely N-dealkylation sites (N-methyl/N-ethyl adjacent to an activating group) is 1. The van der Waals surface area contributed by atoms with Gasteiger partial charge in [0.05, 0.1) is 31.1 Å². The number of benzene rings is 1. The predicted octanol–water partition coefficient (Wildman–Crippen LogP) is 0.783. The molecule has 1 saturated heterocycles. The number of hydrogen-bond donors (Lipinski definition) is 2. The van der Waals surface area contributed by atoms with Crippen molar-refractivity contribution in [2.75, 3.05) is 51.8 Å². The van der Waals surface area contributed by atoms with Crippen LogP contribution < -0.4 is 5.32 Å². The third-order valence-electron chi connectivity index (χ3n) is 4.18. The number of carbonyl (C=O) groups is 2. The molecule has 0 saturated carbocycles. The van der Waals surface area contributed by atoms with Crippen LogP contribution in [0.1, 0.15) is 12.0 Å². The topological polar surface area (TPSA) is 116 Å². The first-order valence-corrected chi connectivity index (χ1v) is 10.0. The highest BCUT2D eigenvalue weighted by Crippen LogP contribution is 2.24. The summed E-state index contributed by atoms with van der Waals surface area (Å²) >= 11 is 0. The highest BCUT2D eigenvalue weighted by Gasteiger charge is 2.28. The highest BCUT2D eigenvalue weighted by molar-refractivity contribution is 7.89. The van der Waals surface area contributed by atoms with Gasteiger partial charge in [0.2, 0.25) is 15.9 Å². The number of carbonyl (C=O) groups excluding carboxylic acids is 1. The molecular weight excluding hydrogens is 410 g/mol. The van der Waals surface area contributed by atoms with E-state index in [1.165, 1.54) is 10.4 Å². The fourth-order valence-corrected chi connectivity index (χ4v) is 4.35. The van der Waals surface area contributed by atoms with Crippen molar-refractivity contribution >= 4 is 40.0 Å². The second kappa shape index (κ2) is 10.7. The van der Waals surface area contributed by atoms with E-state index in [1.807, 2.05) is 0 Å². The number of rotatable bonds is 8. The van der Waals surface area contributed by atoms with Crippen LogP contribution in [0.4, 0.5) is 5.69 Å². The Morgan fingerprint density at radius 1 is 1.29 bits per heavy atom. The van der Waals surface area contributed by atoms with E-state index in [1.54, 1.807) is 31.0 Å². The van der Waals surface area contributed by atoms with Gasteiger partial charge in [-0.05, 0) is 31.7 Å². The Balaban J connectivity index is 0.00000392. The van der Waals surface area contributed by atoms with E-state index in [0.29, 0.717) is 37.6 Å². The quantitative estimate of drug-likeness (QED) is 0.619. The van der Waals surface area contributed by atoms with E-state index in [0.717, 1.165) is 0 Å². The van der Waals surface area contributed by atoms with Crippen LogP contribution in [-0.4, -0.2) is 81.0 Å². The van der Waals surface area contributed by atoms with Crippen LogP contribution in [0.15, 0.2) is 23.1 Å². The highest BCUT2D eigenvalue weighted by atomic mass is 35.5. The number of halogens is 1. The van der Waals surface area contributed by atoms with Crippen LogP contribution in [0.3, 0.4) is 0 Å². The van der Waals surface area contributed by atoms with Crippen LogP contribution in [0, 0.1) is 6.92 Å². The van der Waals surface area contributed by atoms with Crippen molar-refractivity contribution in [2.24, 2.45) is 0 Å². The Morgan fingerprint density at radius 2 is 1.93 bits per heavy atom. The molecule has 1 aliphatic heterocycles. The summed E-state index contributed by atoms with van der Waals surface area (Å²) in [5.41, 5.74) is 0.974. The van der Waals surface area contributed by atoms with Crippen LogP contribution in [-0.2, 0) is 24.3 Å². The second-order valence-electron chi connectivity index (χ2n) is 6.43. The van der Waals surface area contributed by atoms with E-state index in [-0.39, 0.29) is 42.7 Å². The zero-order valence-electron chi connectivity index (χ0n) is 15.9. The Bertz CT molecular complexity index is 796. The number of nitrogens with one attached hydrogen (secondary N) is 1. The van der Waals surface area contributed by atoms with Crippen molar-refractivity contribution in [3.8, 4) is 0 Å². The Hall–Kier alpha value is -1.72. The normalized spacial score (nSPS) is 15.1. The van der Waals surface area contributed by atoms with Crippen LogP contribution in [0.5, 0.6) is 0 Å². The molecule has 158 valence electrons. The third kappa shape index (κ3) is 6.71. The summed E-state index contributed by atoms with van der Waals surface area (Å²) < 4.78 is 32.3. The standard InChI is InChI=1S/C17H25N3O6S.ClH/c1-13-3-4-14(18-16(21)12-19(2)6-5-17(22)23)11-15(13)27(24,25)20-7-9-26-10-8-20;/h3-4,11H,5-10,12H2,1-2H3,(H,18,21)(H,22,23);1H. The lowest BCUT2D eigenvalue weighted by molar-refractivity contribution is -0.137. The number of ether oxygens (including phenoxy) is 1. The largest absolute Gasteiger partial charge is 0.481 e. The molecule has 2 N–H and O–H groups in total. The van der Waals surface area contributed by atoms with Gasteiger partial charge >= 0.3 is 5.97 Å². The van der Waals surface area contributed by atoms with Crippen LogP contribution >= 0.6 is 12.4 Å². The molecule has 1 aliphatic rings. The summed E-state index contributed by atoms with van der Waals surface area (Å²) in [5, 5.41) is 11.3. The first-order valence-electron chi connectivity index (χ1n) is 8.59. The summed E-state index contributed by atoms with van der Waals surface area (Å²) in [7, 11) is -2.02. The molecule has 0 aromatic heterocycles. The SMILES string of the molecule is Cc1ccc(NC(=O)CN(C)CCC(=O)O)cc1S(=O)(=O)N1CCOCC1.Cl. The van der Waals surface area contributed by atoms with Crippen molar-refractivity contribution in [1.82, 2.24) is 9.21 Å². The number of hydrogen-bond acceptors (Lipinski definition) is 6. The van der Waals surface area contributed by atoms with Gasteiger partial charge in [-0.15, -0.1) is 12.4 Å². The lowest BCUT2D eigenvalue weighted by atomic mass is 10.2. The average Bonchev–Trinajstić information content (AvgIpc) is 2.62. The molecule has 0 aliphatic carbocycles. The van der Waals surface area contributed by atoms with Gasteiger partial charge in [-0.2, -0.15) is 4.31 Å². The second-order valence-corrected chi connectivity index (χ2v) is 8.33. The number of aliphatic carboxylic acids is 1. The maximum Gasteiger partial charge on any atom is 0.304 e. The number of nitrogens with zero attached hydrogens (tertiary/aromatic N) is 2. The Morgan fingerprint density at radius 3 is 2.54 bits per heavy atom. The smallest absolute Gasteiger partial charge is 0.304 e. The minimum absolute atomic E-state index is 0. The molecular formula is C17H26ClN3O6S. The molecule has 28 heavy (non-hydrogen) atoms. The van der Waals surface area contributed by atoms with E-state index >= 15 is 0 Å². The molecule has 0 spiro atoms. The van der Waals surface area contributed by atoms with Crippen molar-refractivity contribution < 1.29 is 27.9 Å². The third-order valence-corrected chi connectivity index (χ3v) is 6.22. The molecule has 0 radical (unpaired) electrons. The number of sulfonamides is 1. The molecule has 0 unspecified atom stereocenters. The minimum atomic E-state index is -3.67. The molecule has 2 rings (SSSR count). The lowest BCUT2D eigenvalue weighted by Crippen LogP contribution is -2.40. The monoisotopic (exact) mass is 435 g/mol. The molecule has 9 nitrogen and oxygen atoms in total. The van der Waals surface area contributed by atoms with Crippen molar-refractivity contribution in [2.45, 2.75) is 18.2 Å². The predicted molar refractivity (Wildman–Crippen MR) is 106 cm³/mol. The number of carboxylic acid groups (broad SMARTS) is 1. The minimum Gasteiger partial charge on any atom is -0.481 e. The van der Waals surface area contributed by atoms with Crippen molar-refractivity contribution in [1.29, 1.82) is 0 Å². The zero-order valence-corrected chi connectivity index (χ0v) is 17.5. The van der Waals surface area contributed by atoms with Gasteiger partial charge in [-0.25, -0.2) is 8.42 Å². The number of amides is 1. The number of aryl methyl sites for hydroxylation is 1. The van der Waals surface area contributed by atoms with Crippen LogP contribution in [0.25, 0.3) is 0 Å². The number of carboxylic acids is 1. The lowest BCUT2D eigenvalue weighted by Gasteiger charge is -2.27. The van der Waals surface area contributed by atoms with Gasteiger partial charge in [0.25, 0.3) is 0 Å². The summed E-state index contributed by atoms with van der Waals surface area (Å²) in [6, 6.07) is 4.75. The van der Waals surface area contributed by atoms with Gasteiger partial charge in [-0.3, -0.25) is 14.5 Å². The zero-order chi connectivity index (χ0) is 20.0. The molecule has 1 amide bonds.